The van der Waals surface area contributed by atoms with Crippen LogP contribution in [0.5, 0.6) is 0 Å². The van der Waals surface area contributed by atoms with Crippen molar-refractivity contribution < 1.29 is 14.3 Å². The molecule has 0 aromatic rings. The monoisotopic (exact) mass is 622 g/mol. The molecule has 0 atom stereocenters. The summed E-state index contributed by atoms with van der Waals surface area (Å²) in [4.78, 5) is 24.0. The van der Waals surface area contributed by atoms with Crippen molar-refractivity contribution in [3.63, 3.8) is 0 Å². The van der Waals surface area contributed by atoms with Crippen LogP contribution in [-0.4, -0.2) is 25.0 Å². The van der Waals surface area contributed by atoms with Gasteiger partial charge in [-0.05, 0) is 25.7 Å². The molecule has 0 radical (unpaired) electrons. The van der Waals surface area contributed by atoms with Gasteiger partial charge in [0.25, 0.3) is 0 Å². The van der Waals surface area contributed by atoms with Crippen LogP contribution in [0.25, 0.3) is 0 Å². The first-order chi connectivity index (χ1) is 21.7. The van der Waals surface area contributed by atoms with Gasteiger partial charge in [-0.2, -0.15) is 0 Å². The first kappa shape index (κ1) is 42.9. The molecule has 44 heavy (non-hydrogen) atoms. The molecular weight excluding hydrogens is 542 g/mol. The highest BCUT2D eigenvalue weighted by Crippen LogP contribution is 2.15. The zero-order valence-corrected chi connectivity index (χ0v) is 30.2. The highest BCUT2D eigenvalue weighted by molar-refractivity contribution is 5.75. The molecule has 0 saturated heterocycles. The SMILES string of the molecule is CCCCCCCCCCCCCCCCCC(=O)NCCCCOC(=O)CCCCCCCCCCCCCCCCC. The van der Waals surface area contributed by atoms with Crippen molar-refractivity contribution in [3.8, 4) is 0 Å². The number of esters is 1. The van der Waals surface area contributed by atoms with Gasteiger partial charge in [-0.1, -0.05) is 194 Å². The Bertz CT molecular complexity index is 529. The predicted octanol–water partition coefficient (Wildman–Crippen LogP) is 12.9. The van der Waals surface area contributed by atoms with Gasteiger partial charge >= 0.3 is 5.97 Å². The first-order valence-electron chi connectivity index (χ1n) is 20.1. The third-order valence-corrected chi connectivity index (χ3v) is 9.15. The molecule has 0 aliphatic carbocycles. The number of amides is 1. The highest BCUT2D eigenvalue weighted by Gasteiger charge is 2.04. The van der Waals surface area contributed by atoms with E-state index in [1.807, 2.05) is 0 Å². The molecule has 0 saturated carbocycles. The lowest BCUT2D eigenvalue weighted by Gasteiger charge is -2.07. The van der Waals surface area contributed by atoms with Gasteiger partial charge < -0.3 is 10.1 Å². The highest BCUT2D eigenvalue weighted by atomic mass is 16.5. The Morgan fingerprint density at radius 3 is 1.07 bits per heavy atom. The number of nitrogens with one attached hydrogen (secondary N) is 1. The summed E-state index contributed by atoms with van der Waals surface area (Å²) in [5.74, 6) is 0.113. The Balaban J connectivity index is 3.25. The van der Waals surface area contributed by atoms with Crippen LogP contribution >= 0.6 is 0 Å². The minimum atomic E-state index is -0.0584. The maximum Gasteiger partial charge on any atom is 0.305 e. The molecule has 0 fully saturated rings. The number of carbonyl (C=O) groups excluding carboxylic acids is 2. The summed E-state index contributed by atoms with van der Waals surface area (Å²) in [6.45, 7) is 5.73. The summed E-state index contributed by atoms with van der Waals surface area (Å²) in [7, 11) is 0. The second-order valence-electron chi connectivity index (χ2n) is 13.7. The van der Waals surface area contributed by atoms with E-state index in [4.69, 9.17) is 4.74 Å². The van der Waals surface area contributed by atoms with Crippen LogP contribution in [0.3, 0.4) is 0 Å². The molecule has 0 spiro atoms. The zero-order valence-electron chi connectivity index (χ0n) is 30.2. The molecule has 1 N–H and O–H groups in total. The lowest BCUT2D eigenvalue weighted by Crippen LogP contribution is -2.24. The van der Waals surface area contributed by atoms with Gasteiger partial charge in [0.15, 0.2) is 0 Å². The van der Waals surface area contributed by atoms with Crippen LogP contribution in [0.4, 0.5) is 0 Å². The number of ether oxygens (including phenoxy) is 1. The van der Waals surface area contributed by atoms with Gasteiger partial charge in [0.05, 0.1) is 6.61 Å². The fourth-order valence-electron chi connectivity index (χ4n) is 6.10. The normalized spacial score (nSPS) is 11.2. The largest absolute Gasteiger partial charge is 0.466 e. The molecule has 4 heteroatoms. The molecule has 4 nitrogen and oxygen atoms in total. The van der Waals surface area contributed by atoms with E-state index in [1.165, 1.54) is 173 Å². The van der Waals surface area contributed by atoms with E-state index in [0.717, 1.165) is 32.1 Å². The fourth-order valence-corrected chi connectivity index (χ4v) is 6.10. The van der Waals surface area contributed by atoms with Crippen LogP contribution in [0.15, 0.2) is 0 Å². The molecule has 0 heterocycles. The number of rotatable bonds is 37. The van der Waals surface area contributed by atoms with Gasteiger partial charge in [-0.15, -0.1) is 0 Å². The smallest absolute Gasteiger partial charge is 0.305 e. The van der Waals surface area contributed by atoms with E-state index in [9.17, 15) is 9.59 Å². The summed E-state index contributed by atoms with van der Waals surface area (Å²) >= 11 is 0. The van der Waals surface area contributed by atoms with E-state index in [0.29, 0.717) is 26.0 Å². The van der Waals surface area contributed by atoms with Crippen LogP contribution in [0, 0.1) is 0 Å². The number of hydrogen-bond acceptors (Lipinski definition) is 3. The quantitative estimate of drug-likeness (QED) is 0.0554. The maximum atomic E-state index is 12.0. The van der Waals surface area contributed by atoms with Gasteiger partial charge in [0.1, 0.15) is 0 Å². The average Bonchev–Trinajstić information content (AvgIpc) is 3.02. The van der Waals surface area contributed by atoms with E-state index in [2.05, 4.69) is 19.2 Å². The Kier molecular flexibility index (Phi) is 37.2. The second-order valence-corrected chi connectivity index (χ2v) is 13.7. The van der Waals surface area contributed by atoms with Crippen molar-refractivity contribution in [2.45, 2.75) is 232 Å². The van der Waals surface area contributed by atoms with E-state index >= 15 is 0 Å². The molecule has 0 bridgehead atoms. The second kappa shape index (κ2) is 38.1. The van der Waals surface area contributed by atoms with Gasteiger partial charge in [0, 0.05) is 19.4 Å². The standard InChI is InChI=1S/C40H79NO3/c1-3-5-7-9-11-13-15-17-19-21-23-25-27-29-31-35-39(42)41-37-33-34-38-44-40(43)36-32-30-28-26-24-22-20-18-16-14-12-10-8-6-4-2/h3-38H2,1-2H3,(H,41,42). The lowest BCUT2D eigenvalue weighted by molar-refractivity contribution is -0.144. The Hall–Kier alpha value is -1.06. The molecule has 0 aromatic carbocycles. The zero-order chi connectivity index (χ0) is 32.0. The van der Waals surface area contributed by atoms with Crippen LogP contribution in [-0.2, 0) is 14.3 Å². The number of unbranched alkanes of at least 4 members (excludes halogenated alkanes) is 29. The van der Waals surface area contributed by atoms with E-state index < -0.39 is 0 Å². The lowest BCUT2D eigenvalue weighted by atomic mass is 10.0. The fraction of sp³-hybridized carbons (Fsp3) is 0.950. The summed E-state index contributed by atoms with van der Waals surface area (Å²) < 4.78 is 5.38. The van der Waals surface area contributed by atoms with Crippen LogP contribution in [0.1, 0.15) is 232 Å². The molecule has 0 unspecified atom stereocenters. The van der Waals surface area contributed by atoms with Crippen molar-refractivity contribution in [3.05, 3.63) is 0 Å². The Morgan fingerprint density at radius 1 is 0.386 bits per heavy atom. The summed E-state index contributed by atoms with van der Waals surface area (Å²) in [5, 5.41) is 3.02. The Morgan fingerprint density at radius 2 is 0.705 bits per heavy atom. The third-order valence-electron chi connectivity index (χ3n) is 9.15. The summed E-state index contributed by atoms with van der Waals surface area (Å²) in [5.41, 5.74) is 0. The topological polar surface area (TPSA) is 55.4 Å². The van der Waals surface area contributed by atoms with E-state index in [1.54, 1.807) is 0 Å². The van der Waals surface area contributed by atoms with Gasteiger partial charge in [-0.3, -0.25) is 9.59 Å². The van der Waals surface area contributed by atoms with E-state index in [-0.39, 0.29) is 11.9 Å². The maximum absolute atomic E-state index is 12.0. The minimum Gasteiger partial charge on any atom is -0.466 e. The number of hydrogen-bond donors (Lipinski definition) is 1. The van der Waals surface area contributed by atoms with Gasteiger partial charge in [-0.25, -0.2) is 0 Å². The molecule has 1 amide bonds. The Labute approximate surface area is 276 Å². The molecule has 0 rings (SSSR count). The van der Waals surface area contributed by atoms with Crippen molar-refractivity contribution in [1.29, 1.82) is 0 Å². The van der Waals surface area contributed by atoms with Crippen LogP contribution in [0.2, 0.25) is 0 Å². The van der Waals surface area contributed by atoms with Gasteiger partial charge in [0.2, 0.25) is 5.91 Å². The molecular formula is C40H79NO3. The minimum absolute atomic E-state index is 0.0584. The van der Waals surface area contributed by atoms with Crippen molar-refractivity contribution in [1.82, 2.24) is 5.32 Å². The predicted molar refractivity (Wildman–Crippen MR) is 192 cm³/mol. The number of carbonyl (C=O) groups is 2. The molecule has 0 aliphatic heterocycles. The van der Waals surface area contributed by atoms with Crippen molar-refractivity contribution in [2.75, 3.05) is 13.2 Å². The summed E-state index contributed by atoms with van der Waals surface area (Å²) in [6, 6.07) is 0. The average molecular weight is 622 g/mol. The molecule has 0 aliphatic rings. The van der Waals surface area contributed by atoms with Crippen molar-refractivity contribution >= 4 is 11.9 Å². The van der Waals surface area contributed by atoms with Crippen LogP contribution < -0.4 is 5.32 Å². The third kappa shape index (κ3) is 37.1. The molecule has 0 aromatic heterocycles. The van der Waals surface area contributed by atoms with Crippen molar-refractivity contribution in [2.24, 2.45) is 0 Å². The summed E-state index contributed by atoms with van der Waals surface area (Å²) in [6.07, 6.45) is 43.1. The molecule has 262 valence electrons. The first-order valence-corrected chi connectivity index (χ1v) is 20.1.